The molecule has 1 saturated carbocycles. The SMILES string of the molecule is C=C(C)C[C@@H](C(=O)O)[C@@H](C(C)=O)C1CCCC1. The monoisotopic (exact) mass is 238 g/mol. The summed E-state index contributed by atoms with van der Waals surface area (Å²) < 4.78 is 0. The summed E-state index contributed by atoms with van der Waals surface area (Å²) >= 11 is 0. The molecule has 0 spiro atoms. The van der Waals surface area contributed by atoms with Crippen molar-refractivity contribution in [3.8, 4) is 0 Å². The fourth-order valence-corrected chi connectivity index (χ4v) is 3.00. The number of hydrogen-bond donors (Lipinski definition) is 1. The number of allylic oxidation sites excluding steroid dienone is 1. The van der Waals surface area contributed by atoms with Crippen molar-refractivity contribution in [3.63, 3.8) is 0 Å². The zero-order valence-electron chi connectivity index (χ0n) is 10.7. The van der Waals surface area contributed by atoms with Gasteiger partial charge in [0, 0.05) is 5.92 Å². The zero-order chi connectivity index (χ0) is 13.0. The Hall–Kier alpha value is -1.12. The van der Waals surface area contributed by atoms with Gasteiger partial charge in [0.25, 0.3) is 0 Å². The van der Waals surface area contributed by atoms with E-state index in [9.17, 15) is 14.7 Å². The fourth-order valence-electron chi connectivity index (χ4n) is 3.00. The summed E-state index contributed by atoms with van der Waals surface area (Å²) in [7, 11) is 0. The number of carbonyl (C=O) groups excluding carboxylic acids is 1. The van der Waals surface area contributed by atoms with Gasteiger partial charge in [0.15, 0.2) is 0 Å². The first-order valence-electron chi connectivity index (χ1n) is 6.31. The van der Waals surface area contributed by atoms with Crippen molar-refractivity contribution in [2.75, 3.05) is 0 Å². The van der Waals surface area contributed by atoms with Gasteiger partial charge in [-0.15, -0.1) is 6.58 Å². The molecule has 1 N–H and O–H groups in total. The molecular weight excluding hydrogens is 216 g/mol. The minimum absolute atomic E-state index is 0.0190. The lowest BCUT2D eigenvalue weighted by molar-refractivity contribution is -0.147. The lowest BCUT2D eigenvalue weighted by Gasteiger charge is -2.27. The standard InChI is InChI=1S/C14H22O3/c1-9(2)8-12(14(16)17)13(10(3)15)11-6-4-5-7-11/h11-13H,1,4-8H2,2-3H3,(H,16,17)/t12-,13+/m1/s1. The van der Waals surface area contributed by atoms with E-state index in [1.165, 1.54) is 6.92 Å². The molecule has 1 aliphatic carbocycles. The normalized spacial score (nSPS) is 19.9. The number of hydrogen-bond acceptors (Lipinski definition) is 2. The third kappa shape index (κ3) is 3.69. The first kappa shape index (κ1) is 13.9. The number of carboxylic acids is 1. The third-order valence-electron chi connectivity index (χ3n) is 3.70. The second kappa shape index (κ2) is 5.99. The van der Waals surface area contributed by atoms with Gasteiger partial charge in [0.1, 0.15) is 5.78 Å². The maximum Gasteiger partial charge on any atom is 0.307 e. The van der Waals surface area contributed by atoms with Crippen molar-refractivity contribution >= 4 is 11.8 Å². The molecule has 1 rings (SSSR count). The molecule has 0 unspecified atom stereocenters. The molecule has 0 aromatic rings. The Morgan fingerprint density at radius 2 is 1.82 bits per heavy atom. The maximum absolute atomic E-state index is 11.8. The van der Waals surface area contributed by atoms with E-state index in [-0.39, 0.29) is 17.6 Å². The highest BCUT2D eigenvalue weighted by atomic mass is 16.4. The second-order valence-electron chi connectivity index (χ2n) is 5.29. The van der Waals surface area contributed by atoms with Gasteiger partial charge in [0.05, 0.1) is 5.92 Å². The average molecular weight is 238 g/mol. The van der Waals surface area contributed by atoms with Crippen LogP contribution in [-0.2, 0) is 9.59 Å². The minimum atomic E-state index is -0.861. The predicted molar refractivity (Wildman–Crippen MR) is 66.7 cm³/mol. The molecule has 96 valence electrons. The van der Waals surface area contributed by atoms with E-state index in [0.29, 0.717) is 6.42 Å². The van der Waals surface area contributed by atoms with Crippen LogP contribution in [0, 0.1) is 17.8 Å². The molecule has 0 aromatic heterocycles. The molecule has 1 aliphatic rings. The van der Waals surface area contributed by atoms with Crippen molar-refractivity contribution < 1.29 is 14.7 Å². The van der Waals surface area contributed by atoms with E-state index in [0.717, 1.165) is 31.3 Å². The van der Waals surface area contributed by atoms with Gasteiger partial charge >= 0.3 is 5.97 Å². The molecule has 0 aliphatic heterocycles. The highest BCUT2D eigenvalue weighted by Gasteiger charge is 2.38. The summed E-state index contributed by atoms with van der Waals surface area (Å²) in [6, 6.07) is 0. The summed E-state index contributed by atoms with van der Waals surface area (Å²) in [4.78, 5) is 23.1. The Labute approximate surface area is 103 Å². The highest BCUT2D eigenvalue weighted by molar-refractivity contribution is 5.85. The minimum Gasteiger partial charge on any atom is -0.481 e. The molecule has 3 heteroatoms. The summed E-state index contributed by atoms with van der Waals surface area (Å²) in [6.45, 7) is 7.12. The zero-order valence-corrected chi connectivity index (χ0v) is 10.7. The molecule has 3 nitrogen and oxygen atoms in total. The van der Waals surface area contributed by atoms with E-state index in [4.69, 9.17) is 0 Å². The van der Waals surface area contributed by atoms with Gasteiger partial charge < -0.3 is 5.11 Å². The molecule has 0 amide bonds. The predicted octanol–water partition coefficient (Wildman–Crippen LogP) is 3.05. The number of carbonyl (C=O) groups is 2. The van der Waals surface area contributed by atoms with Crippen LogP contribution in [0.1, 0.15) is 46.0 Å². The van der Waals surface area contributed by atoms with Gasteiger partial charge in [-0.05, 0) is 39.0 Å². The Morgan fingerprint density at radius 1 is 1.29 bits per heavy atom. The number of aliphatic carboxylic acids is 1. The van der Waals surface area contributed by atoms with E-state index in [1.54, 1.807) is 0 Å². The first-order valence-corrected chi connectivity index (χ1v) is 6.31. The number of ketones is 1. The van der Waals surface area contributed by atoms with Crippen molar-refractivity contribution in [2.24, 2.45) is 17.8 Å². The molecule has 0 heterocycles. The Balaban J connectivity index is 2.87. The average Bonchev–Trinajstić information content (AvgIpc) is 2.68. The summed E-state index contributed by atoms with van der Waals surface area (Å²) in [5.41, 5.74) is 0.835. The van der Waals surface area contributed by atoms with Crippen molar-refractivity contribution in [2.45, 2.75) is 46.0 Å². The van der Waals surface area contributed by atoms with Crippen LogP contribution in [0.5, 0.6) is 0 Å². The third-order valence-corrected chi connectivity index (χ3v) is 3.70. The van der Waals surface area contributed by atoms with Gasteiger partial charge in [0.2, 0.25) is 0 Å². The molecule has 1 fully saturated rings. The quantitative estimate of drug-likeness (QED) is 0.723. The summed E-state index contributed by atoms with van der Waals surface area (Å²) in [5.74, 6) is -1.50. The molecule has 0 bridgehead atoms. The van der Waals surface area contributed by atoms with Crippen LogP contribution in [0.2, 0.25) is 0 Å². The van der Waals surface area contributed by atoms with E-state index in [1.807, 2.05) is 6.92 Å². The van der Waals surface area contributed by atoms with Crippen molar-refractivity contribution in [1.82, 2.24) is 0 Å². The lowest BCUT2D eigenvalue weighted by atomic mass is 9.75. The summed E-state index contributed by atoms with van der Waals surface area (Å²) in [5, 5.41) is 9.31. The van der Waals surface area contributed by atoms with Crippen LogP contribution in [0.15, 0.2) is 12.2 Å². The second-order valence-corrected chi connectivity index (χ2v) is 5.29. The molecule has 0 aromatic carbocycles. The van der Waals surface area contributed by atoms with Crippen LogP contribution in [0.25, 0.3) is 0 Å². The van der Waals surface area contributed by atoms with Gasteiger partial charge in [-0.1, -0.05) is 18.4 Å². The van der Waals surface area contributed by atoms with Crippen LogP contribution >= 0.6 is 0 Å². The van der Waals surface area contributed by atoms with E-state index in [2.05, 4.69) is 6.58 Å². The van der Waals surface area contributed by atoms with Crippen LogP contribution < -0.4 is 0 Å². The number of rotatable bonds is 6. The van der Waals surface area contributed by atoms with Crippen LogP contribution in [0.4, 0.5) is 0 Å². The fraction of sp³-hybridized carbons (Fsp3) is 0.714. The number of carboxylic acid groups (broad SMARTS) is 1. The Bertz CT molecular complexity index is 313. The van der Waals surface area contributed by atoms with Gasteiger partial charge in [-0.25, -0.2) is 0 Å². The van der Waals surface area contributed by atoms with Crippen molar-refractivity contribution in [3.05, 3.63) is 12.2 Å². The van der Waals surface area contributed by atoms with Crippen LogP contribution in [0.3, 0.4) is 0 Å². The molecule has 17 heavy (non-hydrogen) atoms. The Kier molecular flexibility index (Phi) is 4.91. The smallest absolute Gasteiger partial charge is 0.307 e. The van der Waals surface area contributed by atoms with Gasteiger partial charge in [-0.3, -0.25) is 9.59 Å². The topological polar surface area (TPSA) is 54.4 Å². The van der Waals surface area contributed by atoms with E-state index < -0.39 is 11.9 Å². The maximum atomic E-state index is 11.8. The highest BCUT2D eigenvalue weighted by Crippen LogP contribution is 2.37. The van der Waals surface area contributed by atoms with Crippen LogP contribution in [-0.4, -0.2) is 16.9 Å². The molecule has 0 radical (unpaired) electrons. The molecule has 0 saturated heterocycles. The lowest BCUT2D eigenvalue weighted by Crippen LogP contribution is -2.33. The first-order chi connectivity index (χ1) is 7.93. The largest absolute Gasteiger partial charge is 0.481 e. The molecular formula is C14H22O3. The molecule has 2 atom stereocenters. The summed E-state index contributed by atoms with van der Waals surface area (Å²) in [6.07, 6.45) is 4.63. The van der Waals surface area contributed by atoms with Gasteiger partial charge in [-0.2, -0.15) is 0 Å². The van der Waals surface area contributed by atoms with Crippen molar-refractivity contribution in [1.29, 1.82) is 0 Å². The number of Topliss-reactive ketones (excluding diaryl/α,β-unsaturated/α-hetero) is 1. The Morgan fingerprint density at radius 3 is 2.18 bits per heavy atom. The van der Waals surface area contributed by atoms with E-state index >= 15 is 0 Å².